The SMILES string of the molecule is COc1ccc(-n2nc(C(=O)NC3CC3)c(=O)n(Cc3ccc(F)cc3)c2=O)cc1. The van der Waals surface area contributed by atoms with Crippen LogP contribution < -0.4 is 21.3 Å². The molecule has 1 saturated carbocycles. The summed E-state index contributed by atoms with van der Waals surface area (Å²) in [5.41, 5.74) is -0.977. The minimum absolute atomic E-state index is 0.0191. The van der Waals surface area contributed by atoms with Crippen molar-refractivity contribution >= 4 is 5.91 Å². The summed E-state index contributed by atoms with van der Waals surface area (Å²) < 4.78 is 20.3. The van der Waals surface area contributed by atoms with Crippen LogP contribution in [0.4, 0.5) is 4.39 Å². The van der Waals surface area contributed by atoms with Crippen molar-refractivity contribution in [3.8, 4) is 11.4 Å². The summed E-state index contributed by atoms with van der Waals surface area (Å²) in [6.07, 6.45) is 1.68. The van der Waals surface area contributed by atoms with Crippen molar-refractivity contribution in [3.63, 3.8) is 0 Å². The first-order chi connectivity index (χ1) is 14.5. The van der Waals surface area contributed by atoms with Crippen LogP contribution in [0.15, 0.2) is 58.1 Å². The molecule has 1 N–H and O–H groups in total. The molecule has 0 radical (unpaired) electrons. The van der Waals surface area contributed by atoms with E-state index < -0.39 is 23.0 Å². The van der Waals surface area contributed by atoms with Gasteiger partial charge in [-0.2, -0.15) is 9.78 Å². The molecular weight excluding hydrogens is 391 g/mol. The van der Waals surface area contributed by atoms with Crippen molar-refractivity contribution in [1.29, 1.82) is 0 Å². The Morgan fingerprint density at radius 1 is 1.13 bits per heavy atom. The maximum atomic E-state index is 13.2. The zero-order chi connectivity index (χ0) is 21.3. The van der Waals surface area contributed by atoms with Gasteiger partial charge in [-0.05, 0) is 54.8 Å². The quantitative estimate of drug-likeness (QED) is 0.664. The van der Waals surface area contributed by atoms with Gasteiger partial charge in [-0.1, -0.05) is 12.1 Å². The van der Waals surface area contributed by atoms with Gasteiger partial charge in [0.05, 0.1) is 19.3 Å². The molecular formula is C21H19FN4O4. The minimum Gasteiger partial charge on any atom is -0.497 e. The van der Waals surface area contributed by atoms with Crippen molar-refractivity contribution in [1.82, 2.24) is 19.7 Å². The normalized spacial score (nSPS) is 13.1. The molecule has 9 heteroatoms. The second kappa shape index (κ2) is 7.94. The van der Waals surface area contributed by atoms with Crippen LogP contribution in [-0.2, 0) is 6.54 Å². The summed E-state index contributed by atoms with van der Waals surface area (Å²) in [6.45, 7) is -0.125. The van der Waals surface area contributed by atoms with E-state index in [4.69, 9.17) is 4.74 Å². The van der Waals surface area contributed by atoms with Gasteiger partial charge in [0.1, 0.15) is 11.6 Å². The number of rotatable bonds is 6. The maximum Gasteiger partial charge on any atom is 0.352 e. The summed E-state index contributed by atoms with van der Waals surface area (Å²) in [5.74, 6) is -0.475. The molecule has 0 atom stereocenters. The number of methoxy groups -OCH3 is 1. The number of nitrogens with one attached hydrogen (secondary N) is 1. The van der Waals surface area contributed by atoms with E-state index in [0.717, 1.165) is 22.1 Å². The number of benzene rings is 2. The lowest BCUT2D eigenvalue weighted by atomic mass is 10.2. The molecule has 154 valence electrons. The van der Waals surface area contributed by atoms with Gasteiger partial charge in [0.25, 0.3) is 11.5 Å². The highest BCUT2D eigenvalue weighted by atomic mass is 19.1. The first-order valence-electron chi connectivity index (χ1n) is 9.40. The number of hydrogen-bond donors (Lipinski definition) is 1. The molecule has 30 heavy (non-hydrogen) atoms. The topological polar surface area (TPSA) is 95.2 Å². The van der Waals surface area contributed by atoms with E-state index in [1.807, 2.05) is 0 Å². The van der Waals surface area contributed by atoms with Crippen LogP contribution in [-0.4, -0.2) is 33.4 Å². The van der Waals surface area contributed by atoms with Crippen LogP contribution >= 0.6 is 0 Å². The average Bonchev–Trinajstić information content (AvgIpc) is 3.56. The Hall–Kier alpha value is -3.75. The molecule has 0 spiro atoms. The lowest BCUT2D eigenvalue weighted by Crippen LogP contribution is -2.46. The monoisotopic (exact) mass is 410 g/mol. The van der Waals surface area contributed by atoms with E-state index in [0.29, 0.717) is 17.0 Å². The zero-order valence-electron chi connectivity index (χ0n) is 16.2. The number of carbonyl (C=O) groups excluding carboxylic acids is 1. The fraction of sp³-hybridized carbons (Fsp3) is 0.238. The third-order valence-corrected chi connectivity index (χ3v) is 4.76. The van der Waals surface area contributed by atoms with Crippen LogP contribution in [0.25, 0.3) is 5.69 Å². The average molecular weight is 410 g/mol. The molecule has 0 unspecified atom stereocenters. The third-order valence-electron chi connectivity index (χ3n) is 4.76. The van der Waals surface area contributed by atoms with Crippen LogP contribution in [0, 0.1) is 5.82 Å². The number of aromatic nitrogens is 3. The van der Waals surface area contributed by atoms with Crippen LogP contribution in [0.2, 0.25) is 0 Å². The van der Waals surface area contributed by atoms with E-state index in [1.165, 1.54) is 31.4 Å². The molecule has 3 aromatic rings. The smallest absolute Gasteiger partial charge is 0.352 e. The van der Waals surface area contributed by atoms with Crippen LogP contribution in [0.3, 0.4) is 0 Å². The van der Waals surface area contributed by atoms with Gasteiger partial charge in [-0.3, -0.25) is 14.2 Å². The number of nitrogens with zero attached hydrogens (tertiary/aromatic N) is 3. The highest BCUT2D eigenvalue weighted by molar-refractivity contribution is 5.92. The Morgan fingerprint density at radius 2 is 1.80 bits per heavy atom. The van der Waals surface area contributed by atoms with Gasteiger partial charge in [-0.25, -0.2) is 9.18 Å². The molecule has 0 aliphatic heterocycles. The molecule has 1 aromatic heterocycles. The van der Waals surface area contributed by atoms with E-state index in [-0.39, 0.29) is 18.3 Å². The van der Waals surface area contributed by atoms with Crippen molar-refractivity contribution in [3.05, 3.63) is 86.4 Å². The van der Waals surface area contributed by atoms with Gasteiger partial charge in [0.15, 0.2) is 0 Å². The fourth-order valence-electron chi connectivity index (χ4n) is 2.94. The summed E-state index contributed by atoms with van der Waals surface area (Å²) in [5, 5.41) is 6.78. The second-order valence-electron chi connectivity index (χ2n) is 7.01. The zero-order valence-corrected chi connectivity index (χ0v) is 16.2. The third kappa shape index (κ3) is 4.00. The van der Waals surface area contributed by atoms with Gasteiger partial charge in [0.2, 0.25) is 5.69 Å². The number of amides is 1. The first-order valence-corrected chi connectivity index (χ1v) is 9.40. The summed E-state index contributed by atoms with van der Waals surface area (Å²) in [7, 11) is 1.52. The van der Waals surface area contributed by atoms with E-state index in [9.17, 15) is 18.8 Å². The molecule has 0 bridgehead atoms. The van der Waals surface area contributed by atoms with Gasteiger partial charge in [0, 0.05) is 6.04 Å². The van der Waals surface area contributed by atoms with Crippen LogP contribution in [0.5, 0.6) is 5.75 Å². The Kier molecular flexibility index (Phi) is 5.18. The molecule has 8 nitrogen and oxygen atoms in total. The maximum absolute atomic E-state index is 13.2. The van der Waals surface area contributed by atoms with Gasteiger partial charge < -0.3 is 10.1 Å². The Morgan fingerprint density at radius 3 is 2.40 bits per heavy atom. The molecule has 1 aliphatic carbocycles. The lowest BCUT2D eigenvalue weighted by Gasteiger charge is -2.12. The number of carbonyl (C=O) groups is 1. The highest BCUT2D eigenvalue weighted by Gasteiger charge is 2.27. The predicted molar refractivity (Wildman–Crippen MR) is 107 cm³/mol. The van der Waals surface area contributed by atoms with Gasteiger partial charge >= 0.3 is 5.69 Å². The largest absolute Gasteiger partial charge is 0.497 e. The first kappa shape index (κ1) is 19.6. The van der Waals surface area contributed by atoms with Crippen molar-refractivity contribution in [2.24, 2.45) is 0 Å². The fourth-order valence-corrected chi connectivity index (χ4v) is 2.94. The van der Waals surface area contributed by atoms with Crippen molar-refractivity contribution in [2.45, 2.75) is 25.4 Å². The molecule has 2 aromatic carbocycles. The lowest BCUT2D eigenvalue weighted by molar-refractivity contribution is 0.0941. The molecule has 1 fully saturated rings. The summed E-state index contributed by atoms with van der Waals surface area (Å²) >= 11 is 0. The molecule has 0 saturated heterocycles. The number of ether oxygens (including phenoxy) is 1. The van der Waals surface area contributed by atoms with Crippen molar-refractivity contribution in [2.75, 3.05) is 7.11 Å². The molecule has 4 rings (SSSR count). The molecule has 1 amide bonds. The molecule has 1 heterocycles. The van der Waals surface area contributed by atoms with E-state index in [1.54, 1.807) is 24.3 Å². The van der Waals surface area contributed by atoms with E-state index in [2.05, 4.69) is 10.4 Å². The second-order valence-corrected chi connectivity index (χ2v) is 7.01. The van der Waals surface area contributed by atoms with Gasteiger partial charge in [-0.15, -0.1) is 0 Å². The highest BCUT2D eigenvalue weighted by Crippen LogP contribution is 2.19. The Labute approximate surface area is 170 Å². The minimum atomic E-state index is -0.799. The predicted octanol–water partition coefficient (Wildman–Crippen LogP) is 1.48. The van der Waals surface area contributed by atoms with Crippen LogP contribution in [0.1, 0.15) is 28.9 Å². The van der Waals surface area contributed by atoms with Crippen molar-refractivity contribution < 1.29 is 13.9 Å². The number of hydrogen-bond acceptors (Lipinski definition) is 5. The standard InChI is InChI=1S/C21H19FN4O4/c1-30-17-10-8-16(9-11-17)26-21(29)25(12-13-2-4-14(22)5-3-13)20(28)18(24-26)19(27)23-15-6-7-15/h2-5,8-11,15H,6-7,12H2,1H3,(H,23,27). The molecule has 1 aliphatic rings. The Balaban J connectivity index is 1.83. The van der Waals surface area contributed by atoms with E-state index >= 15 is 0 Å². The Bertz CT molecular complexity index is 1200. The number of halogens is 1. The summed E-state index contributed by atoms with van der Waals surface area (Å²) in [4.78, 5) is 38.6. The summed E-state index contributed by atoms with van der Waals surface area (Å²) in [6, 6.07) is 11.9.